The van der Waals surface area contributed by atoms with Gasteiger partial charge in [0.15, 0.2) is 5.12 Å². The van der Waals surface area contributed by atoms with Crippen molar-refractivity contribution in [1.29, 1.82) is 0 Å². The summed E-state index contributed by atoms with van der Waals surface area (Å²) in [6, 6.07) is 0. The van der Waals surface area contributed by atoms with Crippen LogP contribution in [0.4, 0.5) is 0 Å². The first-order valence-corrected chi connectivity index (χ1v) is 5.68. The summed E-state index contributed by atoms with van der Waals surface area (Å²) in [7, 11) is 3.29. The molecule has 0 spiro atoms. The molecular weight excluding hydrogens is 200 g/mol. The summed E-state index contributed by atoms with van der Waals surface area (Å²) in [4.78, 5) is 11.7. The van der Waals surface area contributed by atoms with Gasteiger partial charge in [0.05, 0.1) is 6.61 Å². The van der Waals surface area contributed by atoms with Crippen LogP contribution in [0.2, 0.25) is 0 Å². The Morgan fingerprint density at radius 3 is 2.29 bits per heavy atom. The second kappa shape index (κ2) is 7.26. The zero-order valence-corrected chi connectivity index (χ0v) is 10.3. The summed E-state index contributed by atoms with van der Waals surface area (Å²) >= 11 is 1.34. The quantitative estimate of drug-likeness (QED) is 0.614. The van der Waals surface area contributed by atoms with E-state index in [2.05, 4.69) is 0 Å². The first-order valence-electron chi connectivity index (χ1n) is 4.69. The van der Waals surface area contributed by atoms with E-state index in [0.29, 0.717) is 13.2 Å². The standard InChI is InChI=1S/C10H20O3S/c1-10(2,5-6-12-3)9(11)14-8-7-13-4/h5-8H2,1-4H3. The highest BCUT2D eigenvalue weighted by Crippen LogP contribution is 2.27. The molecule has 0 unspecified atom stereocenters. The maximum atomic E-state index is 11.7. The first kappa shape index (κ1) is 13.9. The van der Waals surface area contributed by atoms with Crippen LogP contribution >= 0.6 is 11.8 Å². The molecule has 4 heteroatoms. The summed E-state index contributed by atoms with van der Waals surface area (Å²) in [5, 5.41) is 0.214. The molecule has 0 aromatic rings. The van der Waals surface area contributed by atoms with E-state index in [1.807, 2.05) is 13.8 Å². The zero-order valence-electron chi connectivity index (χ0n) is 9.46. The summed E-state index contributed by atoms with van der Waals surface area (Å²) in [6.45, 7) is 5.16. The topological polar surface area (TPSA) is 35.5 Å². The lowest BCUT2D eigenvalue weighted by Crippen LogP contribution is -2.23. The van der Waals surface area contributed by atoms with Crippen LogP contribution in [0.3, 0.4) is 0 Å². The van der Waals surface area contributed by atoms with Crippen molar-refractivity contribution < 1.29 is 14.3 Å². The summed E-state index contributed by atoms with van der Waals surface area (Å²) in [5.74, 6) is 0.728. The number of rotatable bonds is 7. The Balaban J connectivity index is 3.82. The number of carbonyl (C=O) groups is 1. The largest absolute Gasteiger partial charge is 0.385 e. The van der Waals surface area contributed by atoms with Gasteiger partial charge in [-0.3, -0.25) is 4.79 Å². The molecule has 84 valence electrons. The van der Waals surface area contributed by atoms with Crippen molar-refractivity contribution in [3.63, 3.8) is 0 Å². The van der Waals surface area contributed by atoms with Crippen molar-refractivity contribution in [2.75, 3.05) is 33.2 Å². The monoisotopic (exact) mass is 220 g/mol. The smallest absolute Gasteiger partial charge is 0.194 e. The van der Waals surface area contributed by atoms with Crippen molar-refractivity contribution in [3.8, 4) is 0 Å². The Hall–Kier alpha value is -0.0600. The maximum Gasteiger partial charge on any atom is 0.194 e. The van der Waals surface area contributed by atoms with Gasteiger partial charge in [0.25, 0.3) is 0 Å². The molecule has 0 aliphatic rings. The minimum absolute atomic E-state index is 0.214. The van der Waals surface area contributed by atoms with Gasteiger partial charge < -0.3 is 9.47 Å². The van der Waals surface area contributed by atoms with E-state index in [-0.39, 0.29) is 10.5 Å². The average molecular weight is 220 g/mol. The third-order valence-corrected chi connectivity index (χ3v) is 3.19. The number of carbonyl (C=O) groups excluding carboxylic acids is 1. The van der Waals surface area contributed by atoms with E-state index in [9.17, 15) is 4.79 Å². The normalized spacial score (nSPS) is 11.7. The molecule has 3 nitrogen and oxygen atoms in total. The van der Waals surface area contributed by atoms with Crippen molar-refractivity contribution in [2.45, 2.75) is 20.3 Å². The van der Waals surface area contributed by atoms with E-state index >= 15 is 0 Å². The van der Waals surface area contributed by atoms with Crippen LogP contribution in [0.5, 0.6) is 0 Å². The molecule has 0 aliphatic carbocycles. The van der Waals surface area contributed by atoms with Crippen LogP contribution in [0, 0.1) is 5.41 Å². The number of hydrogen-bond donors (Lipinski definition) is 0. The number of ether oxygens (including phenoxy) is 2. The van der Waals surface area contributed by atoms with E-state index in [1.165, 1.54) is 11.8 Å². The number of methoxy groups -OCH3 is 2. The molecular formula is C10H20O3S. The lowest BCUT2D eigenvalue weighted by molar-refractivity contribution is -0.119. The highest BCUT2D eigenvalue weighted by molar-refractivity contribution is 8.13. The summed E-state index contributed by atoms with van der Waals surface area (Å²) in [5.41, 5.74) is -0.297. The average Bonchev–Trinajstić information content (AvgIpc) is 2.15. The van der Waals surface area contributed by atoms with Crippen LogP contribution in [0.15, 0.2) is 0 Å². The second-order valence-corrected chi connectivity index (χ2v) is 4.82. The second-order valence-electron chi connectivity index (χ2n) is 3.76. The van der Waals surface area contributed by atoms with Crippen LogP contribution in [0.25, 0.3) is 0 Å². The fourth-order valence-electron chi connectivity index (χ4n) is 0.872. The van der Waals surface area contributed by atoms with Gasteiger partial charge in [0.2, 0.25) is 0 Å². The minimum atomic E-state index is -0.297. The third-order valence-electron chi connectivity index (χ3n) is 2.00. The molecule has 0 saturated carbocycles. The van der Waals surface area contributed by atoms with Crippen molar-refractivity contribution in [1.82, 2.24) is 0 Å². The molecule has 0 saturated heterocycles. The van der Waals surface area contributed by atoms with Crippen LogP contribution in [-0.2, 0) is 14.3 Å². The van der Waals surface area contributed by atoms with Gasteiger partial charge in [-0.1, -0.05) is 25.6 Å². The molecule has 0 aromatic heterocycles. The predicted octanol–water partition coefficient (Wildman–Crippen LogP) is 1.96. The predicted molar refractivity (Wildman–Crippen MR) is 59.6 cm³/mol. The maximum absolute atomic E-state index is 11.7. The van der Waals surface area contributed by atoms with E-state index < -0.39 is 0 Å². The first-order chi connectivity index (χ1) is 6.54. The van der Waals surface area contributed by atoms with Crippen molar-refractivity contribution >= 4 is 16.9 Å². The van der Waals surface area contributed by atoms with E-state index in [0.717, 1.165) is 12.2 Å². The molecule has 0 heterocycles. The number of thioether (sulfide) groups is 1. The van der Waals surface area contributed by atoms with Crippen molar-refractivity contribution in [2.24, 2.45) is 5.41 Å². The Morgan fingerprint density at radius 1 is 1.21 bits per heavy atom. The minimum Gasteiger partial charge on any atom is -0.385 e. The Labute approximate surface area is 90.5 Å². The zero-order chi connectivity index (χ0) is 11.0. The highest BCUT2D eigenvalue weighted by atomic mass is 32.2. The van der Waals surface area contributed by atoms with Crippen LogP contribution < -0.4 is 0 Å². The Morgan fingerprint density at radius 2 is 1.79 bits per heavy atom. The van der Waals surface area contributed by atoms with Crippen molar-refractivity contribution in [3.05, 3.63) is 0 Å². The van der Waals surface area contributed by atoms with Crippen LogP contribution in [0.1, 0.15) is 20.3 Å². The Kier molecular flexibility index (Phi) is 7.23. The lowest BCUT2D eigenvalue weighted by Gasteiger charge is -2.21. The fraction of sp³-hybridized carbons (Fsp3) is 0.900. The molecule has 0 fully saturated rings. The fourth-order valence-corrected chi connectivity index (χ4v) is 1.80. The molecule has 0 rings (SSSR count). The van der Waals surface area contributed by atoms with Gasteiger partial charge in [-0.05, 0) is 6.42 Å². The molecule has 0 bridgehead atoms. The summed E-state index contributed by atoms with van der Waals surface area (Å²) < 4.78 is 9.86. The molecule has 0 radical (unpaired) electrons. The molecule has 0 aromatic carbocycles. The van der Waals surface area contributed by atoms with E-state index in [4.69, 9.17) is 9.47 Å². The van der Waals surface area contributed by atoms with Gasteiger partial charge in [-0.2, -0.15) is 0 Å². The summed E-state index contributed by atoms with van der Waals surface area (Å²) in [6.07, 6.45) is 0.766. The van der Waals surface area contributed by atoms with Gasteiger partial charge in [0.1, 0.15) is 0 Å². The third kappa shape index (κ3) is 5.62. The van der Waals surface area contributed by atoms with E-state index in [1.54, 1.807) is 14.2 Å². The van der Waals surface area contributed by atoms with Crippen LogP contribution in [-0.4, -0.2) is 38.3 Å². The van der Waals surface area contributed by atoms with Gasteiger partial charge in [0, 0.05) is 32.0 Å². The highest BCUT2D eigenvalue weighted by Gasteiger charge is 2.26. The molecule has 0 N–H and O–H groups in total. The van der Waals surface area contributed by atoms with Gasteiger partial charge in [-0.15, -0.1) is 0 Å². The molecule has 0 aliphatic heterocycles. The molecule has 0 atom stereocenters. The molecule has 14 heavy (non-hydrogen) atoms. The number of hydrogen-bond acceptors (Lipinski definition) is 4. The van der Waals surface area contributed by atoms with Gasteiger partial charge in [-0.25, -0.2) is 0 Å². The molecule has 0 amide bonds. The lowest BCUT2D eigenvalue weighted by atomic mass is 9.92. The Bertz CT molecular complexity index is 169. The van der Waals surface area contributed by atoms with Gasteiger partial charge >= 0.3 is 0 Å². The SMILES string of the molecule is COCCSC(=O)C(C)(C)CCOC.